The lowest BCUT2D eigenvalue weighted by atomic mass is 9.99. The van der Waals surface area contributed by atoms with Crippen molar-refractivity contribution in [3.63, 3.8) is 0 Å². The molecular weight excluding hydrogens is 202 g/mol. The summed E-state index contributed by atoms with van der Waals surface area (Å²) >= 11 is 0. The molecule has 16 heavy (non-hydrogen) atoms. The Balaban J connectivity index is 2.10. The van der Waals surface area contributed by atoms with Gasteiger partial charge in [0.2, 0.25) is 5.91 Å². The highest BCUT2D eigenvalue weighted by atomic mass is 16.2. The van der Waals surface area contributed by atoms with E-state index in [1.165, 1.54) is 0 Å². The van der Waals surface area contributed by atoms with Crippen LogP contribution in [-0.2, 0) is 4.79 Å². The van der Waals surface area contributed by atoms with Crippen molar-refractivity contribution in [2.45, 2.75) is 19.8 Å². The molecule has 1 amide bonds. The highest BCUT2D eigenvalue weighted by Crippen LogP contribution is 2.15. The van der Waals surface area contributed by atoms with E-state index in [9.17, 15) is 4.79 Å². The van der Waals surface area contributed by atoms with Gasteiger partial charge in [-0.1, -0.05) is 6.92 Å². The molecule has 4 nitrogen and oxygen atoms in total. The third-order valence-electron chi connectivity index (χ3n) is 3.15. The number of nitrogens with one attached hydrogen (secondary N) is 1. The van der Waals surface area contributed by atoms with Crippen LogP contribution >= 0.6 is 0 Å². The number of hydrogen-bond acceptors (Lipinski definition) is 3. The Morgan fingerprint density at radius 1 is 1.38 bits per heavy atom. The van der Waals surface area contributed by atoms with Gasteiger partial charge in [0.05, 0.1) is 6.54 Å². The predicted octanol–water partition coefficient (Wildman–Crippen LogP) is 0.396. The fourth-order valence-electron chi connectivity index (χ4n) is 1.87. The average molecular weight is 227 g/mol. The van der Waals surface area contributed by atoms with Gasteiger partial charge in [-0.05, 0) is 32.9 Å². The molecule has 0 aromatic carbocycles. The molecule has 0 aromatic heterocycles. The minimum Gasteiger partial charge on any atom is -0.342 e. The van der Waals surface area contributed by atoms with Crippen LogP contribution in [0.3, 0.4) is 0 Å². The van der Waals surface area contributed by atoms with E-state index in [4.69, 9.17) is 0 Å². The first kappa shape index (κ1) is 13.5. The van der Waals surface area contributed by atoms with Crippen molar-refractivity contribution in [3.8, 4) is 0 Å². The van der Waals surface area contributed by atoms with Crippen molar-refractivity contribution in [2.24, 2.45) is 5.92 Å². The molecule has 94 valence electrons. The second kappa shape index (κ2) is 6.86. The number of nitrogens with zero attached hydrogens (tertiary/aromatic N) is 2. The molecule has 0 aliphatic carbocycles. The van der Waals surface area contributed by atoms with Crippen LogP contribution in [0.2, 0.25) is 0 Å². The number of carbonyl (C=O) groups excluding carboxylic acids is 1. The first-order chi connectivity index (χ1) is 7.59. The van der Waals surface area contributed by atoms with Crippen LogP contribution in [0, 0.1) is 5.92 Å². The maximum Gasteiger partial charge on any atom is 0.236 e. The van der Waals surface area contributed by atoms with E-state index < -0.39 is 0 Å². The Kier molecular flexibility index (Phi) is 5.77. The molecule has 1 rings (SSSR count). The molecule has 0 atom stereocenters. The van der Waals surface area contributed by atoms with Gasteiger partial charge in [0.1, 0.15) is 0 Å². The van der Waals surface area contributed by atoms with Crippen LogP contribution in [0.1, 0.15) is 19.8 Å². The van der Waals surface area contributed by atoms with Crippen LogP contribution in [0.4, 0.5) is 0 Å². The van der Waals surface area contributed by atoms with Crippen molar-refractivity contribution < 1.29 is 4.79 Å². The minimum atomic E-state index is 0.255. The van der Waals surface area contributed by atoms with Gasteiger partial charge in [-0.15, -0.1) is 0 Å². The number of amides is 1. The van der Waals surface area contributed by atoms with Crippen molar-refractivity contribution in [2.75, 3.05) is 46.8 Å². The molecule has 0 spiro atoms. The maximum atomic E-state index is 11.8. The molecule has 0 aromatic rings. The molecule has 1 heterocycles. The average Bonchev–Trinajstić information content (AvgIpc) is 2.25. The highest BCUT2D eigenvalue weighted by molar-refractivity contribution is 5.78. The Bertz CT molecular complexity index is 210. The summed E-state index contributed by atoms with van der Waals surface area (Å²) in [6, 6.07) is 0. The van der Waals surface area contributed by atoms with Gasteiger partial charge < -0.3 is 15.1 Å². The number of likely N-dealkylation sites (tertiary alicyclic amines) is 1. The first-order valence-corrected chi connectivity index (χ1v) is 6.23. The van der Waals surface area contributed by atoms with Crippen LogP contribution in [0.15, 0.2) is 0 Å². The van der Waals surface area contributed by atoms with Crippen LogP contribution < -0.4 is 5.32 Å². The standard InChI is InChI=1S/C12H25N3O/c1-11-4-7-15(8-5-11)12(16)10-13-6-9-14(2)3/h11,13H,4-10H2,1-3H3. The summed E-state index contributed by atoms with van der Waals surface area (Å²) < 4.78 is 0. The molecular formula is C12H25N3O. The fourth-order valence-corrected chi connectivity index (χ4v) is 1.87. The maximum absolute atomic E-state index is 11.8. The van der Waals surface area contributed by atoms with E-state index in [1.807, 2.05) is 19.0 Å². The summed E-state index contributed by atoms with van der Waals surface area (Å²) in [6.45, 7) is 6.48. The summed E-state index contributed by atoms with van der Waals surface area (Å²) in [5, 5.41) is 3.19. The molecule has 0 radical (unpaired) electrons. The second-order valence-electron chi connectivity index (χ2n) is 5.04. The minimum absolute atomic E-state index is 0.255. The molecule has 1 aliphatic heterocycles. The lowest BCUT2D eigenvalue weighted by Gasteiger charge is -2.30. The monoisotopic (exact) mass is 227 g/mol. The Labute approximate surface area is 99.0 Å². The summed E-state index contributed by atoms with van der Waals surface area (Å²) in [5.41, 5.74) is 0. The number of piperidine rings is 1. The van der Waals surface area contributed by atoms with E-state index in [0.717, 1.165) is 44.9 Å². The first-order valence-electron chi connectivity index (χ1n) is 6.23. The molecule has 1 N–H and O–H groups in total. The normalized spacial score (nSPS) is 18.1. The van der Waals surface area contributed by atoms with E-state index in [1.54, 1.807) is 0 Å². The number of rotatable bonds is 5. The summed E-state index contributed by atoms with van der Waals surface area (Å²) in [4.78, 5) is 15.9. The predicted molar refractivity (Wildman–Crippen MR) is 66.4 cm³/mol. The van der Waals surface area contributed by atoms with Crippen molar-refractivity contribution in [1.82, 2.24) is 15.1 Å². The second-order valence-corrected chi connectivity index (χ2v) is 5.04. The molecule has 4 heteroatoms. The molecule has 1 saturated heterocycles. The Hall–Kier alpha value is -0.610. The van der Waals surface area contributed by atoms with E-state index in [0.29, 0.717) is 6.54 Å². The zero-order valence-electron chi connectivity index (χ0n) is 10.8. The van der Waals surface area contributed by atoms with E-state index in [2.05, 4.69) is 17.1 Å². The topological polar surface area (TPSA) is 35.6 Å². The number of carbonyl (C=O) groups is 1. The Morgan fingerprint density at radius 3 is 2.56 bits per heavy atom. The van der Waals surface area contributed by atoms with Crippen molar-refractivity contribution in [3.05, 3.63) is 0 Å². The van der Waals surface area contributed by atoms with Gasteiger partial charge >= 0.3 is 0 Å². The Morgan fingerprint density at radius 2 is 2.00 bits per heavy atom. The van der Waals surface area contributed by atoms with Gasteiger partial charge in [0.15, 0.2) is 0 Å². The quantitative estimate of drug-likeness (QED) is 0.690. The lowest BCUT2D eigenvalue weighted by molar-refractivity contribution is -0.131. The summed E-state index contributed by atoms with van der Waals surface area (Å²) in [6.07, 6.45) is 2.31. The van der Waals surface area contributed by atoms with Crippen molar-refractivity contribution in [1.29, 1.82) is 0 Å². The molecule has 1 aliphatic rings. The number of likely N-dealkylation sites (N-methyl/N-ethyl adjacent to an activating group) is 1. The fraction of sp³-hybridized carbons (Fsp3) is 0.917. The highest BCUT2D eigenvalue weighted by Gasteiger charge is 2.19. The van der Waals surface area contributed by atoms with Gasteiger partial charge in [-0.3, -0.25) is 4.79 Å². The molecule has 1 fully saturated rings. The van der Waals surface area contributed by atoms with Gasteiger partial charge in [-0.25, -0.2) is 0 Å². The largest absolute Gasteiger partial charge is 0.342 e. The summed E-state index contributed by atoms with van der Waals surface area (Å²) in [5.74, 6) is 1.04. The molecule has 0 saturated carbocycles. The van der Waals surface area contributed by atoms with Gasteiger partial charge in [0.25, 0.3) is 0 Å². The van der Waals surface area contributed by atoms with E-state index in [-0.39, 0.29) is 5.91 Å². The van der Waals surface area contributed by atoms with Crippen LogP contribution in [-0.4, -0.2) is 62.5 Å². The van der Waals surface area contributed by atoms with Crippen LogP contribution in [0.5, 0.6) is 0 Å². The van der Waals surface area contributed by atoms with E-state index >= 15 is 0 Å². The third-order valence-corrected chi connectivity index (χ3v) is 3.15. The zero-order chi connectivity index (χ0) is 12.0. The SMILES string of the molecule is CC1CCN(C(=O)CNCCN(C)C)CC1. The smallest absolute Gasteiger partial charge is 0.236 e. The zero-order valence-corrected chi connectivity index (χ0v) is 10.8. The lowest BCUT2D eigenvalue weighted by Crippen LogP contribution is -2.43. The summed E-state index contributed by atoms with van der Waals surface area (Å²) in [7, 11) is 4.07. The van der Waals surface area contributed by atoms with Gasteiger partial charge in [0, 0.05) is 26.2 Å². The molecule has 0 unspecified atom stereocenters. The van der Waals surface area contributed by atoms with Crippen molar-refractivity contribution >= 4 is 5.91 Å². The third kappa shape index (κ3) is 4.94. The number of hydrogen-bond donors (Lipinski definition) is 1. The van der Waals surface area contributed by atoms with Crippen LogP contribution in [0.25, 0.3) is 0 Å². The molecule has 0 bridgehead atoms. The van der Waals surface area contributed by atoms with Gasteiger partial charge in [-0.2, -0.15) is 0 Å².